The van der Waals surface area contributed by atoms with E-state index >= 15 is 0 Å². The van der Waals surface area contributed by atoms with Gasteiger partial charge in [0, 0.05) is 18.2 Å². The maximum atomic E-state index is 5.48. The summed E-state index contributed by atoms with van der Waals surface area (Å²) >= 11 is 0. The van der Waals surface area contributed by atoms with E-state index in [1.807, 2.05) is 18.2 Å². The molecule has 1 aromatic heterocycles. The fraction of sp³-hybridized carbons (Fsp3) is 0.231. The summed E-state index contributed by atoms with van der Waals surface area (Å²) in [7, 11) is 1.57. The molecule has 0 fully saturated rings. The van der Waals surface area contributed by atoms with Crippen LogP contribution in [0.3, 0.4) is 0 Å². The van der Waals surface area contributed by atoms with Crippen LogP contribution in [0.4, 0.5) is 0 Å². The average Bonchev–Trinajstić information content (AvgIpc) is 2.86. The molecule has 0 aliphatic carbocycles. The van der Waals surface area contributed by atoms with Gasteiger partial charge in [-0.1, -0.05) is 0 Å². The smallest absolute Gasteiger partial charge is 0.316 e. The van der Waals surface area contributed by atoms with E-state index < -0.39 is 0 Å². The van der Waals surface area contributed by atoms with Crippen LogP contribution in [-0.4, -0.2) is 23.7 Å². The summed E-state index contributed by atoms with van der Waals surface area (Å²) in [4.78, 5) is 8.31. The van der Waals surface area contributed by atoms with Crippen LogP contribution >= 0.6 is 0 Å². The first-order chi connectivity index (χ1) is 8.36. The number of rotatable bonds is 2. The molecule has 3 rings (SSSR count). The molecule has 1 aliphatic rings. The lowest BCUT2D eigenvalue weighted by Crippen LogP contribution is -1.93. The van der Waals surface area contributed by atoms with Crippen molar-refractivity contribution in [1.82, 2.24) is 9.97 Å². The zero-order valence-electron chi connectivity index (χ0n) is 9.51. The van der Waals surface area contributed by atoms with Gasteiger partial charge in [0.25, 0.3) is 0 Å². The molecule has 1 aliphatic heterocycles. The highest BCUT2D eigenvalue weighted by Crippen LogP contribution is 2.29. The molecule has 0 saturated carbocycles. The molecule has 4 heteroatoms. The van der Waals surface area contributed by atoms with E-state index in [0.717, 1.165) is 30.0 Å². The van der Waals surface area contributed by atoms with Crippen molar-refractivity contribution in [2.24, 2.45) is 0 Å². The molecule has 86 valence electrons. The molecule has 0 amide bonds. The summed E-state index contributed by atoms with van der Waals surface area (Å²) in [6.45, 7) is 0.770. The largest absolute Gasteiger partial charge is 0.493 e. The molecule has 0 bridgehead atoms. The predicted octanol–water partition coefficient (Wildman–Crippen LogP) is 2.09. The van der Waals surface area contributed by atoms with Crippen molar-refractivity contribution in [3.05, 3.63) is 36.0 Å². The molecular weight excluding hydrogens is 216 g/mol. The van der Waals surface area contributed by atoms with Gasteiger partial charge in [-0.05, 0) is 29.8 Å². The van der Waals surface area contributed by atoms with Crippen LogP contribution < -0.4 is 9.47 Å². The highest BCUT2D eigenvalue weighted by molar-refractivity contribution is 5.62. The number of aromatic nitrogens is 2. The Bertz CT molecular complexity index is 555. The third-order valence-corrected chi connectivity index (χ3v) is 2.80. The molecule has 0 unspecified atom stereocenters. The van der Waals surface area contributed by atoms with Crippen molar-refractivity contribution in [1.29, 1.82) is 0 Å². The van der Waals surface area contributed by atoms with Crippen LogP contribution in [0, 0.1) is 0 Å². The zero-order valence-corrected chi connectivity index (χ0v) is 9.51. The summed E-state index contributed by atoms with van der Waals surface area (Å²) in [6.07, 6.45) is 2.66. The van der Waals surface area contributed by atoms with Crippen LogP contribution in [0.5, 0.6) is 11.8 Å². The number of benzene rings is 1. The van der Waals surface area contributed by atoms with E-state index in [1.165, 1.54) is 5.56 Å². The maximum absolute atomic E-state index is 5.48. The van der Waals surface area contributed by atoms with Crippen LogP contribution in [0.15, 0.2) is 30.5 Å². The highest BCUT2D eigenvalue weighted by Gasteiger charge is 2.13. The fourth-order valence-electron chi connectivity index (χ4n) is 1.95. The highest BCUT2D eigenvalue weighted by atomic mass is 16.5. The lowest BCUT2D eigenvalue weighted by atomic mass is 10.1. The monoisotopic (exact) mass is 228 g/mol. The maximum Gasteiger partial charge on any atom is 0.316 e. The van der Waals surface area contributed by atoms with Gasteiger partial charge in [0.15, 0.2) is 0 Å². The summed E-state index contributed by atoms with van der Waals surface area (Å²) < 4.78 is 10.5. The van der Waals surface area contributed by atoms with Crippen LogP contribution in [0.1, 0.15) is 5.56 Å². The molecule has 0 N–H and O–H groups in total. The van der Waals surface area contributed by atoms with Crippen LogP contribution in [0.25, 0.3) is 11.3 Å². The molecule has 0 radical (unpaired) electrons. The minimum Gasteiger partial charge on any atom is -0.493 e. The van der Waals surface area contributed by atoms with Gasteiger partial charge in [0.05, 0.1) is 19.4 Å². The van der Waals surface area contributed by atoms with Crippen molar-refractivity contribution in [2.45, 2.75) is 6.42 Å². The molecule has 1 aromatic carbocycles. The predicted molar refractivity (Wildman–Crippen MR) is 63.2 cm³/mol. The molecule has 0 atom stereocenters. The number of hydrogen-bond donors (Lipinski definition) is 0. The molecule has 0 spiro atoms. The Morgan fingerprint density at radius 2 is 2.24 bits per heavy atom. The van der Waals surface area contributed by atoms with Crippen molar-refractivity contribution < 1.29 is 9.47 Å². The van der Waals surface area contributed by atoms with Gasteiger partial charge in [0.1, 0.15) is 5.75 Å². The Morgan fingerprint density at radius 1 is 1.29 bits per heavy atom. The standard InChI is InChI=1S/C13H12N2O2/c1-16-13-14-6-4-11(15-13)9-2-3-12-10(8-9)5-7-17-12/h2-4,6,8H,5,7H2,1H3. The van der Waals surface area contributed by atoms with Gasteiger partial charge < -0.3 is 9.47 Å². The number of methoxy groups -OCH3 is 1. The third kappa shape index (κ3) is 1.82. The van der Waals surface area contributed by atoms with Gasteiger partial charge >= 0.3 is 6.01 Å². The molecule has 2 heterocycles. The molecule has 17 heavy (non-hydrogen) atoms. The molecular formula is C13H12N2O2. The van der Waals surface area contributed by atoms with Gasteiger partial charge in [0.2, 0.25) is 0 Å². The number of nitrogens with zero attached hydrogens (tertiary/aromatic N) is 2. The Kier molecular flexibility index (Phi) is 2.40. The zero-order chi connectivity index (χ0) is 11.7. The topological polar surface area (TPSA) is 44.2 Å². The molecule has 0 saturated heterocycles. The van der Waals surface area contributed by atoms with Crippen molar-refractivity contribution in [3.8, 4) is 23.0 Å². The Labute approximate surface area is 99.2 Å². The van der Waals surface area contributed by atoms with E-state index in [0.29, 0.717) is 6.01 Å². The number of ether oxygens (including phenoxy) is 2. The minimum atomic E-state index is 0.388. The Morgan fingerprint density at radius 3 is 3.12 bits per heavy atom. The summed E-state index contributed by atoms with van der Waals surface area (Å²) in [6, 6.07) is 8.38. The lowest BCUT2D eigenvalue weighted by Gasteiger charge is -2.04. The number of hydrogen-bond acceptors (Lipinski definition) is 4. The van der Waals surface area contributed by atoms with Gasteiger partial charge in [-0.3, -0.25) is 0 Å². The van der Waals surface area contributed by atoms with E-state index in [4.69, 9.17) is 9.47 Å². The van der Waals surface area contributed by atoms with Gasteiger partial charge in [-0.15, -0.1) is 0 Å². The van der Waals surface area contributed by atoms with E-state index in [9.17, 15) is 0 Å². The molecule has 2 aromatic rings. The average molecular weight is 228 g/mol. The first-order valence-electron chi connectivity index (χ1n) is 5.50. The summed E-state index contributed by atoms with van der Waals surface area (Å²) in [5.41, 5.74) is 3.17. The Hall–Kier alpha value is -2.10. The third-order valence-electron chi connectivity index (χ3n) is 2.80. The van der Waals surface area contributed by atoms with E-state index in [1.54, 1.807) is 13.3 Å². The van der Waals surface area contributed by atoms with Gasteiger partial charge in [-0.2, -0.15) is 4.98 Å². The SMILES string of the molecule is COc1nccc(-c2ccc3c(c2)CCO3)n1. The van der Waals surface area contributed by atoms with E-state index in [-0.39, 0.29) is 0 Å². The van der Waals surface area contributed by atoms with Crippen molar-refractivity contribution in [3.63, 3.8) is 0 Å². The first-order valence-corrected chi connectivity index (χ1v) is 5.50. The quantitative estimate of drug-likeness (QED) is 0.789. The fourth-order valence-corrected chi connectivity index (χ4v) is 1.95. The van der Waals surface area contributed by atoms with Crippen LogP contribution in [-0.2, 0) is 6.42 Å². The minimum absolute atomic E-state index is 0.388. The summed E-state index contributed by atoms with van der Waals surface area (Å²) in [5, 5.41) is 0. The lowest BCUT2D eigenvalue weighted by molar-refractivity contribution is 0.357. The molecule has 4 nitrogen and oxygen atoms in total. The second-order valence-electron chi connectivity index (χ2n) is 3.85. The summed E-state index contributed by atoms with van der Waals surface area (Å²) in [5.74, 6) is 0.981. The van der Waals surface area contributed by atoms with E-state index in [2.05, 4.69) is 16.0 Å². The van der Waals surface area contributed by atoms with Crippen molar-refractivity contribution in [2.75, 3.05) is 13.7 Å². The Balaban J connectivity index is 2.03. The second kappa shape index (κ2) is 4.05. The second-order valence-corrected chi connectivity index (χ2v) is 3.85. The van der Waals surface area contributed by atoms with Crippen LogP contribution in [0.2, 0.25) is 0 Å². The normalized spacial score (nSPS) is 13.0. The van der Waals surface area contributed by atoms with Crippen molar-refractivity contribution >= 4 is 0 Å². The number of fused-ring (bicyclic) bond motifs is 1. The first kappa shape index (κ1) is 10.1. The van der Waals surface area contributed by atoms with Gasteiger partial charge in [-0.25, -0.2) is 4.98 Å².